The SMILES string of the molecule is CC(C)(C)OC(=O)N(CCCO[Si](C)(C)C(C)(C)C)C1CC1. The first-order valence-electron chi connectivity index (χ1n) is 8.47. The van der Waals surface area contributed by atoms with E-state index in [1.54, 1.807) is 0 Å². The van der Waals surface area contributed by atoms with E-state index in [0.29, 0.717) is 6.04 Å². The van der Waals surface area contributed by atoms with Crippen LogP contribution in [0.3, 0.4) is 0 Å². The molecule has 1 fully saturated rings. The molecule has 22 heavy (non-hydrogen) atoms. The van der Waals surface area contributed by atoms with Crippen molar-refractivity contribution in [1.29, 1.82) is 0 Å². The van der Waals surface area contributed by atoms with Crippen LogP contribution in [0, 0.1) is 0 Å². The molecule has 0 aromatic carbocycles. The van der Waals surface area contributed by atoms with Crippen molar-refractivity contribution in [2.75, 3.05) is 13.2 Å². The molecule has 0 unspecified atom stereocenters. The van der Waals surface area contributed by atoms with Crippen LogP contribution in [0.5, 0.6) is 0 Å². The van der Waals surface area contributed by atoms with Gasteiger partial charge in [0.15, 0.2) is 8.32 Å². The van der Waals surface area contributed by atoms with E-state index < -0.39 is 13.9 Å². The Hall–Kier alpha value is -0.553. The normalized spacial score (nSPS) is 16.5. The standard InChI is InChI=1S/C17H35NO3Si/c1-16(2,3)21-15(19)18(14-10-11-14)12-9-13-20-22(7,8)17(4,5)6/h14H,9-13H2,1-8H3. The largest absolute Gasteiger partial charge is 0.444 e. The molecule has 0 aliphatic heterocycles. The average molecular weight is 330 g/mol. The maximum absolute atomic E-state index is 12.3. The Labute approximate surface area is 137 Å². The highest BCUT2D eigenvalue weighted by molar-refractivity contribution is 6.74. The molecule has 1 rings (SSSR count). The van der Waals surface area contributed by atoms with Crippen molar-refractivity contribution in [3.63, 3.8) is 0 Å². The van der Waals surface area contributed by atoms with E-state index >= 15 is 0 Å². The number of ether oxygens (including phenoxy) is 1. The molecule has 5 heteroatoms. The molecule has 0 atom stereocenters. The maximum Gasteiger partial charge on any atom is 0.410 e. The first-order valence-corrected chi connectivity index (χ1v) is 11.4. The van der Waals surface area contributed by atoms with Gasteiger partial charge in [-0.3, -0.25) is 0 Å². The summed E-state index contributed by atoms with van der Waals surface area (Å²) >= 11 is 0. The van der Waals surface area contributed by atoms with Crippen LogP contribution in [0.25, 0.3) is 0 Å². The van der Waals surface area contributed by atoms with Crippen molar-refractivity contribution in [3.8, 4) is 0 Å². The van der Waals surface area contributed by atoms with E-state index in [9.17, 15) is 4.79 Å². The Morgan fingerprint density at radius 3 is 2.09 bits per heavy atom. The van der Waals surface area contributed by atoms with Gasteiger partial charge in [0.1, 0.15) is 5.60 Å². The molecular formula is C17H35NO3Si. The van der Waals surface area contributed by atoms with Crippen LogP contribution in [0.1, 0.15) is 60.8 Å². The van der Waals surface area contributed by atoms with Crippen molar-refractivity contribution in [3.05, 3.63) is 0 Å². The number of hydrogen-bond acceptors (Lipinski definition) is 3. The summed E-state index contributed by atoms with van der Waals surface area (Å²) in [6.07, 6.45) is 2.90. The quantitative estimate of drug-likeness (QED) is 0.519. The molecule has 0 radical (unpaired) electrons. The molecular weight excluding hydrogens is 294 g/mol. The van der Waals surface area contributed by atoms with Gasteiger partial charge >= 0.3 is 6.09 Å². The lowest BCUT2D eigenvalue weighted by atomic mass is 10.2. The van der Waals surface area contributed by atoms with Crippen LogP contribution < -0.4 is 0 Å². The summed E-state index contributed by atoms with van der Waals surface area (Å²) in [6.45, 7) is 18.5. The second-order valence-electron chi connectivity index (χ2n) is 8.87. The van der Waals surface area contributed by atoms with E-state index in [-0.39, 0.29) is 11.1 Å². The third-order valence-corrected chi connectivity index (χ3v) is 8.97. The van der Waals surface area contributed by atoms with E-state index in [1.165, 1.54) is 0 Å². The van der Waals surface area contributed by atoms with Crippen molar-refractivity contribution < 1.29 is 14.0 Å². The van der Waals surface area contributed by atoms with Gasteiger partial charge in [0.05, 0.1) is 0 Å². The molecule has 0 N–H and O–H groups in total. The zero-order valence-corrected chi connectivity index (χ0v) is 16.8. The molecule has 130 valence electrons. The molecule has 1 amide bonds. The minimum Gasteiger partial charge on any atom is -0.444 e. The van der Waals surface area contributed by atoms with Crippen LogP contribution in [0.15, 0.2) is 0 Å². The van der Waals surface area contributed by atoms with Gasteiger partial charge in [0.2, 0.25) is 0 Å². The van der Waals surface area contributed by atoms with Crippen molar-refractivity contribution in [2.24, 2.45) is 0 Å². The number of hydrogen-bond donors (Lipinski definition) is 0. The van der Waals surface area contributed by atoms with Gasteiger partial charge < -0.3 is 14.1 Å². The van der Waals surface area contributed by atoms with Gasteiger partial charge in [0.25, 0.3) is 0 Å². The smallest absolute Gasteiger partial charge is 0.410 e. The van der Waals surface area contributed by atoms with Crippen LogP contribution >= 0.6 is 0 Å². The summed E-state index contributed by atoms with van der Waals surface area (Å²) < 4.78 is 11.7. The predicted molar refractivity (Wildman–Crippen MR) is 93.7 cm³/mol. The van der Waals surface area contributed by atoms with E-state index in [0.717, 1.165) is 32.4 Å². The highest BCUT2D eigenvalue weighted by Crippen LogP contribution is 2.36. The van der Waals surface area contributed by atoms with Crippen LogP contribution in [0.2, 0.25) is 18.1 Å². The Kier molecular flexibility index (Phi) is 6.12. The lowest BCUT2D eigenvalue weighted by Crippen LogP contribution is -2.42. The van der Waals surface area contributed by atoms with Crippen molar-refractivity contribution >= 4 is 14.4 Å². The summed E-state index contributed by atoms with van der Waals surface area (Å²) in [5.41, 5.74) is -0.429. The summed E-state index contributed by atoms with van der Waals surface area (Å²) in [7, 11) is -1.69. The third kappa shape index (κ3) is 6.29. The van der Waals surface area contributed by atoms with Gasteiger partial charge in [-0.15, -0.1) is 0 Å². The minimum absolute atomic E-state index is 0.178. The van der Waals surface area contributed by atoms with E-state index in [4.69, 9.17) is 9.16 Å². The fourth-order valence-electron chi connectivity index (χ4n) is 1.91. The minimum atomic E-state index is -1.69. The van der Waals surface area contributed by atoms with Gasteiger partial charge in [-0.25, -0.2) is 4.79 Å². The monoisotopic (exact) mass is 329 g/mol. The average Bonchev–Trinajstić information content (AvgIpc) is 3.08. The topological polar surface area (TPSA) is 38.8 Å². The highest BCUT2D eigenvalue weighted by Gasteiger charge is 2.38. The first kappa shape index (κ1) is 19.5. The Bertz CT molecular complexity index is 378. The Balaban J connectivity index is 2.42. The van der Waals surface area contributed by atoms with Gasteiger partial charge in [-0.1, -0.05) is 20.8 Å². The first-order chi connectivity index (χ1) is 9.83. The third-order valence-electron chi connectivity index (χ3n) is 4.43. The van der Waals surface area contributed by atoms with Crippen LogP contribution in [-0.2, 0) is 9.16 Å². The second-order valence-corrected chi connectivity index (χ2v) is 13.7. The number of nitrogens with zero attached hydrogens (tertiary/aromatic N) is 1. The number of amides is 1. The van der Waals surface area contributed by atoms with Crippen molar-refractivity contribution in [2.45, 2.75) is 90.6 Å². The summed E-state index contributed by atoms with van der Waals surface area (Å²) in [4.78, 5) is 14.2. The molecule has 1 aliphatic carbocycles. The zero-order chi connectivity index (χ0) is 17.2. The molecule has 4 nitrogen and oxygen atoms in total. The van der Waals surface area contributed by atoms with Gasteiger partial charge in [-0.2, -0.15) is 0 Å². The Morgan fingerprint density at radius 2 is 1.68 bits per heavy atom. The maximum atomic E-state index is 12.3. The lowest BCUT2D eigenvalue weighted by Gasteiger charge is -2.36. The Morgan fingerprint density at radius 1 is 1.14 bits per heavy atom. The van der Waals surface area contributed by atoms with Crippen LogP contribution in [-0.4, -0.2) is 44.1 Å². The second kappa shape index (κ2) is 6.91. The van der Waals surface area contributed by atoms with E-state index in [1.807, 2.05) is 25.7 Å². The molecule has 0 heterocycles. The number of carbonyl (C=O) groups excluding carboxylic acids is 1. The lowest BCUT2D eigenvalue weighted by molar-refractivity contribution is 0.0225. The number of carbonyl (C=O) groups is 1. The highest BCUT2D eigenvalue weighted by atomic mass is 28.4. The fraction of sp³-hybridized carbons (Fsp3) is 0.941. The van der Waals surface area contributed by atoms with Crippen molar-refractivity contribution in [1.82, 2.24) is 4.90 Å². The molecule has 1 aliphatic rings. The van der Waals surface area contributed by atoms with Crippen LogP contribution in [0.4, 0.5) is 4.79 Å². The number of rotatable bonds is 6. The fourth-order valence-corrected chi connectivity index (χ4v) is 3.00. The summed E-state index contributed by atoms with van der Waals surface area (Å²) in [6, 6.07) is 0.378. The molecule has 0 saturated heterocycles. The molecule has 0 aromatic rings. The van der Waals surface area contributed by atoms with E-state index in [2.05, 4.69) is 33.9 Å². The summed E-state index contributed by atoms with van der Waals surface area (Å²) in [5, 5.41) is 0.231. The van der Waals surface area contributed by atoms with Gasteiger partial charge in [-0.05, 0) is 58.2 Å². The molecule has 1 saturated carbocycles. The molecule has 0 bridgehead atoms. The molecule has 0 spiro atoms. The summed E-state index contributed by atoms with van der Waals surface area (Å²) in [5.74, 6) is 0. The zero-order valence-electron chi connectivity index (χ0n) is 15.8. The van der Waals surface area contributed by atoms with Gasteiger partial charge in [0, 0.05) is 19.2 Å². The molecule has 0 aromatic heterocycles. The predicted octanol–water partition coefficient (Wildman–Crippen LogP) is 4.80.